The molecule has 1 heterocycles. The summed E-state index contributed by atoms with van der Waals surface area (Å²) in [6.07, 6.45) is 9.30. The molecular weight excluding hydrogens is 234 g/mol. The molecule has 0 aromatic carbocycles. The van der Waals surface area contributed by atoms with Crippen LogP contribution in [0.5, 0.6) is 0 Å². The molecule has 0 spiro atoms. The quantitative estimate of drug-likeness (QED) is 0.904. The third-order valence-corrected chi connectivity index (χ3v) is 4.92. The first-order valence-corrected chi connectivity index (χ1v) is 7.58. The molecule has 108 valence electrons. The Morgan fingerprint density at radius 3 is 2.32 bits per heavy atom. The second kappa shape index (κ2) is 5.66. The fraction of sp³-hybridized carbons (Fsp3) is 0.812. The summed E-state index contributed by atoms with van der Waals surface area (Å²) in [6.45, 7) is 7.14. The first-order valence-electron chi connectivity index (χ1n) is 7.58. The zero-order valence-corrected chi connectivity index (χ0v) is 13.1. The van der Waals surface area contributed by atoms with Crippen molar-refractivity contribution >= 4 is 0 Å². The van der Waals surface area contributed by atoms with Crippen LogP contribution in [0.25, 0.3) is 0 Å². The average molecular weight is 263 g/mol. The zero-order chi connectivity index (χ0) is 14.0. The normalized spacial score (nSPS) is 26.4. The van der Waals surface area contributed by atoms with Crippen LogP contribution in [0.2, 0.25) is 0 Å². The Morgan fingerprint density at radius 2 is 1.89 bits per heavy atom. The van der Waals surface area contributed by atoms with Crippen LogP contribution < -0.4 is 5.32 Å². The number of imidazole rings is 1. The van der Waals surface area contributed by atoms with Gasteiger partial charge in [0.25, 0.3) is 0 Å². The van der Waals surface area contributed by atoms with Crippen molar-refractivity contribution in [3.8, 4) is 0 Å². The van der Waals surface area contributed by atoms with Crippen molar-refractivity contribution < 1.29 is 0 Å². The maximum absolute atomic E-state index is 4.53. The van der Waals surface area contributed by atoms with Gasteiger partial charge in [0.05, 0.1) is 6.04 Å². The van der Waals surface area contributed by atoms with E-state index in [2.05, 4.69) is 49.7 Å². The van der Waals surface area contributed by atoms with Crippen molar-refractivity contribution in [1.29, 1.82) is 0 Å². The van der Waals surface area contributed by atoms with Gasteiger partial charge >= 0.3 is 0 Å². The molecule has 0 amide bonds. The van der Waals surface area contributed by atoms with Crippen molar-refractivity contribution in [2.24, 2.45) is 24.3 Å². The molecule has 3 nitrogen and oxygen atoms in total. The summed E-state index contributed by atoms with van der Waals surface area (Å²) in [5.74, 6) is 2.79. The maximum Gasteiger partial charge on any atom is 0.125 e. The van der Waals surface area contributed by atoms with Crippen LogP contribution in [0.3, 0.4) is 0 Å². The van der Waals surface area contributed by atoms with E-state index in [1.54, 1.807) is 0 Å². The molecule has 1 fully saturated rings. The number of rotatable bonds is 3. The first-order chi connectivity index (χ1) is 8.93. The fourth-order valence-electron chi connectivity index (χ4n) is 3.57. The van der Waals surface area contributed by atoms with E-state index in [4.69, 9.17) is 0 Å². The number of aryl methyl sites for hydroxylation is 1. The van der Waals surface area contributed by atoms with E-state index in [1.165, 1.54) is 31.5 Å². The highest BCUT2D eigenvalue weighted by atomic mass is 15.1. The van der Waals surface area contributed by atoms with E-state index in [-0.39, 0.29) is 0 Å². The molecule has 1 atom stereocenters. The molecule has 0 saturated heterocycles. The number of hydrogen-bond donors (Lipinski definition) is 1. The summed E-state index contributed by atoms with van der Waals surface area (Å²) >= 11 is 0. The number of nitrogens with zero attached hydrogens (tertiary/aromatic N) is 2. The van der Waals surface area contributed by atoms with Gasteiger partial charge in [-0.05, 0) is 50.0 Å². The van der Waals surface area contributed by atoms with Crippen LogP contribution in [-0.4, -0.2) is 16.6 Å². The second-order valence-electron chi connectivity index (χ2n) is 7.14. The predicted octanol–water partition coefficient (Wildman–Crippen LogP) is 3.53. The topological polar surface area (TPSA) is 29.9 Å². The molecule has 1 aliphatic carbocycles. The Morgan fingerprint density at radius 1 is 1.26 bits per heavy atom. The summed E-state index contributed by atoms with van der Waals surface area (Å²) in [5, 5.41) is 3.49. The molecule has 1 aromatic rings. The Labute approximate surface area is 117 Å². The lowest BCUT2D eigenvalue weighted by molar-refractivity contribution is 0.132. The lowest BCUT2D eigenvalue weighted by Crippen LogP contribution is -2.33. The fourth-order valence-corrected chi connectivity index (χ4v) is 3.57. The summed E-state index contributed by atoms with van der Waals surface area (Å²) in [5.41, 5.74) is 0.462. The van der Waals surface area contributed by atoms with Gasteiger partial charge in [-0.3, -0.25) is 0 Å². The van der Waals surface area contributed by atoms with Crippen molar-refractivity contribution in [2.75, 3.05) is 7.05 Å². The number of hydrogen-bond acceptors (Lipinski definition) is 2. The van der Waals surface area contributed by atoms with Gasteiger partial charge in [-0.25, -0.2) is 4.98 Å². The summed E-state index contributed by atoms with van der Waals surface area (Å²) in [7, 11) is 4.16. The highest BCUT2D eigenvalue weighted by molar-refractivity contribution is 5.02. The van der Waals surface area contributed by atoms with E-state index >= 15 is 0 Å². The Kier molecular flexibility index (Phi) is 4.34. The van der Waals surface area contributed by atoms with E-state index in [1.807, 2.05) is 12.4 Å². The van der Waals surface area contributed by atoms with Crippen LogP contribution in [0.1, 0.15) is 58.3 Å². The molecule has 1 aromatic heterocycles. The van der Waals surface area contributed by atoms with Crippen LogP contribution in [0.15, 0.2) is 12.4 Å². The summed E-state index contributed by atoms with van der Waals surface area (Å²) in [4.78, 5) is 4.53. The van der Waals surface area contributed by atoms with Crippen LogP contribution in [0, 0.1) is 17.3 Å². The van der Waals surface area contributed by atoms with Gasteiger partial charge in [-0.2, -0.15) is 0 Å². The van der Waals surface area contributed by atoms with Crippen molar-refractivity contribution in [3.05, 3.63) is 18.2 Å². The SMILES string of the molecule is CNC(c1nccn1C)C1CCC(C(C)(C)C)CC1. The Bertz CT molecular complexity index is 394. The third-order valence-electron chi connectivity index (χ3n) is 4.92. The third kappa shape index (κ3) is 3.19. The molecular formula is C16H29N3. The lowest BCUT2D eigenvalue weighted by atomic mass is 9.68. The van der Waals surface area contributed by atoms with Gasteiger partial charge in [-0.1, -0.05) is 20.8 Å². The highest BCUT2D eigenvalue weighted by Crippen LogP contribution is 2.43. The van der Waals surface area contributed by atoms with Crippen molar-refractivity contribution in [3.63, 3.8) is 0 Å². The molecule has 3 heteroatoms. The van der Waals surface area contributed by atoms with Gasteiger partial charge in [0.15, 0.2) is 0 Å². The minimum Gasteiger partial charge on any atom is -0.337 e. The van der Waals surface area contributed by atoms with Crippen LogP contribution >= 0.6 is 0 Å². The molecule has 19 heavy (non-hydrogen) atoms. The molecule has 0 radical (unpaired) electrons. The lowest BCUT2D eigenvalue weighted by Gasteiger charge is -2.39. The first kappa shape index (κ1) is 14.6. The van der Waals surface area contributed by atoms with Crippen LogP contribution in [-0.2, 0) is 7.05 Å². The van der Waals surface area contributed by atoms with Gasteiger partial charge in [-0.15, -0.1) is 0 Å². The molecule has 0 aliphatic heterocycles. The number of aromatic nitrogens is 2. The van der Waals surface area contributed by atoms with Crippen molar-refractivity contribution in [1.82, 2.24) is 14.9 Å². The van der Waals surface area contributed by atoms with E-state index < -0.39 is 0 Å². The monoisotopic (exact) mass is 263 g/mol. The average Bonchev–Trinajstić information content (AvgIpc) is 2.76. The van der Waals surface area contributed by atoms with Crippen molar-refractivity contribution in [2.45, 2.75) is 52.5 Å². The smallest absolute Gasteiger partial charge is 0.125 e. The minimum atomic E-state index is 0.404. The minimum absolute atomic E-state index is 0.404. The summed E-state index contributed by atoms with van der Waals surface area (Å²) in [6, 6.07) is 0.404. The largest absolute Gasteiger partial charge is 0.337 e. The van der Waals surface area contributed by atoms with E-state index in [0.29, 0.717) is 11.5 Å². The zero-order valence-electron chi connectivity index (χ0n) is 13.1. The summed E-state index contributed by atoms with van der Waals surface area (Å²) < 4.78 is 2.15. The molecule has 1 unspecified atom stereocenters. The van der Waals surface area contributed by atoms with Gasteiger partial charge < -0.3 is 9.88 Å². The molecule has 2 rings (SSSR count). The van der Waals surface area contributed by atoms with Gasteiger partial charge in [0, 0.05) is 19.4 Å². The Balaban J connectivity index is 2.02. The molecule has 0 bridgehead atoms. The molecule has 1 N–H and O–H groups in total. The maximum atomic E-state index is 4.53. The second-order valence-corrected chi connectivity index (χ2v) is 7.14. The Hall–Kier alpha value is -0.830. The molecule has 1 saturated carbocycles. The standard InChI is InChI=1S/C16H29N3/c1-16(2,3)13-8-6-12(7-9-13)14(17-4)15-18-10-11-19(15)5/h10-14,17H,6-9H2,1-5H3. The number of nitrogens with one attached hydrogen (secondary N) is 1. The molecule has 1 aliphatic rings. The van der Waals surface area contributed by atoms with Gasteiger partial charge in [0.2, 0.25) is 0 Å². The van der Waals surface area contributed by atoms with E-state index in [9.17, 15) is 0 Å². The van der Waals surface area contributed by atoms with E-state index in [0.717, 1.165) is 11.8 Å². The predicted molar refractivity (Wildman–Crippen MR) is 79.9 cm³/mol. The van der Waals surface area contributed by atoms with Crippen LogP contribution in [0.4, 0.5) is 0 Å². The van der Waals surface area contributed by atoms with Gasteiger partial charge in [0.1, 0.15) is 5.82 Å². The highest BCUT2D eigenvalue weighted by Gasteiger charge is 2.33.